The zero-order chi connectivity index (χ0) is 21.9. The molecule has 0 aromatic carbocycles. The Labute approximate surface area is 171 Å². The lowest BCUT2D eigenvalue weighted by atomic mass is 10.2. The minimum Gasteiger partial charge on any atom is -0.466 e. The molecule has 1 amide bonds. The van der Waals surface area contributed by atoms with Crippen LogP contribution in [-0.4, -0.2) is 57.2 Å². The smallest absolute Gasteiger partial charge is 0.411 e. The van der Waals surface area contributed by atoms with E-state index in [9.17, 15) is 9.59 Å². The summed E-state index contributed by atoms with van der Waals surface area (Å²) in [5, 5.41) is 0. The number of carbonyl (C=O) groups excluding carboxylic acids is 2. The molecule has 1 aliphatic rings. The van der Waals surface area contributed by atoms with Gasteiger partial charge in [-0.05, 0) is 43.5 Å². The summed E-state index contributed by atoms with van der Waals surface area (Å²) in [6.07, 6.45) is 1.35. The van der Waals surface area contributed by atoms with Gasteiger partial charge in [-0.3, -0.25) is 4.90 Å². The summed E-state index contributed by atoms with van der Waals surface area (Å²) < 4.78 is 17.1. The maximum absolute atomic E-state index is 12.7. The third kappa shape index (κ3) is 5.60. The summed E-state index contributed by atoms with van der Waals surface area (Å²) in [4.78, 5) is 26.3. The number of ether oxygens (including phenoxy) is 2. The molecule has 0 spiro atoms. The number of amides is 1. The SMILES string of the molecule is COC(=O)C1=C[C@@H](CO[Si](C(C)C)(C(C)C)C(C)C)N(C(=O)OC(C)(C)C)C1. The van der Waals surface area contributed by atoms with Crippen molar-refractivity contribution in [1.82, 2.24) is 4.90 Å². The molecule has 0 N–H and O–H groups in total. The summed E-state index contributed by atoms with van der Waals surface area (Å²) >= 11 is 0. The largest absolute Gasteiger partial charge is 0.466 e. The van der Waals surface area contributed by atoms with Crippen LogP contribution in [0.15, 0.2) is 11.6 Å². The lowest BCUT2D eigenvalue weighted by molar-refractivity contribution is -0.136. The Morgan fingerprint density at radius 2 is 1.61 bits per heavy atom. The summed E-state index contributed by atoms with van der Waals surface area (Å²) in [7, 11) is -0.742. The molecular formula is C21H39NO5Si. The minimum absolute atomic E-state index is 0.176. The molecule has 28 heavy (non-hydrogen) atoms. The van der Waals surface area contributed by atoms with Crippen molar-refractivity contribution in [2.24, 2.45) is 0 Å². The molecule has 0 aromatic heterocycles. The standard InChI is InChI=1S/C21H39NO5Si/c1-14(2)28(15(3)4,16(5)6)26-13-18-11-17(19(23)25-10)12-22(18)20(24)27-21(7,8)9/h11,14-16,18H,12-13H2,1-10H3/t18-/m0/s1. The van der Waals surface area contributed by atoms with Crippen LogP contribution in [0.1, 0.15) is 62.3 Å². The van der Waals surface area contributed by atoms with E-state index >= 15 is 0 Å². The number of nitrogens with zero attached hydrogens (tertiary/aromatic N) is 1. The van der Waals surface area contributed by atoms with Crippen molar-refractivity contribution in [3.05, 3.63) is 11.6 Å². The molecule has 0 unspecified atom stereocenters. The van der Waals surface area contributed by atoms with Crippen molar-refractivity contribution < 1.29 is 23.5 Å². The van der Waals surface area contributed by atoms with E-state index in [-0.39, 0.29) is 12.6 Å². The summed E-state index contributed by atoms with van der Waals surface area (Å²) in [5.41, 5.74) is 1.17. The first kappa shape index (κ1) is 24.7. The predicted octanol–water partition coefficient (Wildman–Crippen LogP) is 4.90. The van der Waals surface area contributed by atoms with E-state index in [2.05, 4.69) is 41.5 Å². The van der Waals surface area contributed by atoms with E-state index in [1.165, 1.54) is 7.11 Å². The highest BCUT2D eigenvalue weighted by Gasteiger charge is 2.46. The molecule has 1 rings (SSSR count). The van der Waals surface area contributed by atoms with Gasteiger partial charge < -0.3 is 13.9 Å². The van der Waals surface area contributed by atoms with Gasteiger partial charge in [0.2, 0.25) is 0 Å². The molecule has 0 saturated carbocycles. The monoisotopic (exact) mass is 413 g/mol. The van der Waals surface area contributed by atoms with Gasteiger partial charge in [-0.15, -0.1) is 0 Å². The minimum atomic E-state index is -2.09. The Kier molecular flexibility index (Phi) is 8.32. The maximum atomic E-state index is 12.7. The van der Waals surface area contributed by atoms with Gasteiger partial charge in [0.25, 0.3) is 0 Å². The van der Waals surface area contributed by atoms with Crippen molar-refractivity contribution in [2.45, 2.75) is 90.6 Å². The van der Waals surface area contributed by atoms with Gasteiger partial charge in [0.05, 0.1) is 31.9 Å². The van der Waals surface area contributed by atoms with Crippen molar-refractivity contribution in [3.63, 3.8) is 0 Å². The first-order valence-electron chi connectivity index (χ1n) is 10.2. The van der Waals surface area contributed by atoms with Crippen LogP contribution in [0, 0.1) is 0 Å². The molecule has 162 valence electrons. The number of hydrogen-bond acceptors (Lipinski definition) is 5. The molecular weight excluding hydrogens is 374 g/mol. The average Bonchev–Trinajstić information content (AvgIpc) is 2.96. The van der Waals surface area contributed by atoms with Crippen LogP contribution in [0.2, 0.25) is 16.6 Å². The van der Waals surface area contributed by atoms with Crippen LogP contribution in [0.25, 0.3) is 0 Å². The third-order valence-electron chi connectivity index (χ3n) is 5.42. The number of rotatable bonds is 7. The molecule has 0 radical (unpaired) electrons. The molecule has 0 saturated heterocycles. The fraction of sp³-hybridized carbons (Fsp3) is 0.810. The Bertz CT molecular complexity index is 570. The average molecular weight is 414 g/mol. The molecule has 0 fully saturated rings. The van der Waals surface area contributed by atoms with Gasteiger partial charge in [0, 0.05) is 0 Å². The van der Waals surface area contributed by atoms with Crippen molar-refractivity contribution in [3.8, 4) is 0 Å². The predicted molar refractivity (Wildman–Crippen MR) is 114 cm³/mol. The molecule has 6 nitrogen and oxygen atoms in total. The van der Waals surface area contributed by atoms with Crippen LogP contribution in [-0.2, 0) is 18.7 Å². The summed E-state index contributed by atoms with van der Waals surface area (Å²) in [6, 6.07) is -0.341. The summed E-state index contributed by atoms with van der Waals surface area (Å²) in [5.74, 6) is -0.420. The molecule has 0 bridgehead atoms. The molecule has 1 heterocycles. The fourth-order valence-corrected chi connectivity index (χ4v) is 9.79. The lowest BCUT2D eigenvalue weighted by Gasteiger charge is -2.43. The van der Waals surface area contributed by atoms with Gasteiger partial charge in [-0.25, -0.2) is 9.59 Å². The second-order valence-electron chi connectivity index (χ2n) is 9.49. The highest BCUT2D eigenvalue weighted by Crippen LogP contribution is 2.42. The van der Waals surface area contributed by atoms with Crippen molar-refractivity contribution in [1.29, 1.82) is 0 Å². The third-order valence-corrected chi connectivity index (χ3v) is 11.5. The van der Waals surface area contributed by atoms with E-state index in [1.807, 2.05) is 20.8 Å². The van der Waals surface area contributed by atoms with E-state index in [1.54, 1.807) is 11.0 Å². The fourth-order valence-electron chi connectivity index (χ4n) is 4.33. The topological polar surface area (TPSA) is 65.1 Å². The lowest BCUT2D eigenvalue weighted by Crippen LogP contribution is -2.51. The molecule has 0 aromatic rings. The second-order valence-corrected chi connectivity index (χ2v) is 14.9. The zero-order valence-corrected chi connectivity index (χ0v) is 20.3. The molecule has 0 aliphatic carbocycles. The van der Waals surface area contributed by atoms with Crippen LogP contribution in [0.4, 0.5) is 4.79 Å². The Hall–Kier alpha value is -1.34. The first-order chi connectivity index (χ1) is 12.8. The zero-order valence-electron chi connectivity index (χ0n) is 19.3. The van der Waals surface area contributed by atoms with Gasteiger partial charge in [-0.1, -0.05) is 41.5 Å². The van der Waals surface area contributed by atoms with Gasteiger partial charge in [0.15, 0.2) is 8.32 Å². The number of methoxy groups -OCH3 is 1. The van der Waals surface area contributed by atoms with Gasteiger partial charge >= 0.3 is 12.1 Å². The normalized spacial score (nSPS) is 18.1. The van der Waals surface area contributed by atoms with Crippen molar-refractivity contribution in [2.75, 3.05) is 20.3 Å². The second kappa shape index (κ2) is 9.44. The van der Waals surface area contributed by atoms with Crippen LogP contribution < -0.4 is 0 Å². The van der Waals surface area contributed by atoms with Crippen LogP contribution >= 0.6 is 0 Å². The van der Waals surface area contributed by atoms with Crippen LogP contribution in [0.5, 0.6) is 0 Å². The summed E-state index contributed by atoms with van der Waals surface area (Å²) in [6.45, 7) is 19.4. The maximum Gasteiger partial charge on any atom is 0.411 e. The number of hydrogen-bond donors (Lipinski definition) is 0. The molecule has 7 heteroatoms. The number of carbonyl (C=O) groups is 2. The Morgan fingerprint density at radius 1 is 1.11 bits per heavy atom. The quantitative estimate of drug-likeness (QED) is 0.439. The van der Waals surface area contributed by atoms with E-state index in [4.69, 9.17) is 13.9 Å². The highest BCUT2D eigenvalue weighted by atomic mass is 28.4. The van der Waals surface area contributed by atoms with E-state index in [0.29, 0.717) is 28.8 Å². The van der Waals surface area contributed by atoms with Crippen LogP contribution in [0.3, 0.4) is 0 Å². The van der Waals surface area contributed by atoms with Gasteiger partial charge in [0.1, 0.15) is 5.60 Å². The molecule has 1 aliphatic heterocycles. The first-order valence-corrected chi connectivity index (χ1v) is 12.3. The van der Waals surface area contributed by atoms with E-state index < -0.39 is 26.0 Å². The van der Waals surface area contributed by atoms with Crippen molar-refractivity contribution >= 4 is 20.4 Å². The number of esters is 1. The highest BCUT2D eigenvalue weighted by molar-refractivity contribution is 6.77. The Morgan fingerprint density at radius 3 is 2.00 bits per heavy atom. The van der Waals surface area contributed by atoms with Gasteiger partial charge in [-0.2, -0.15) is 0 Å². The Balaban J connectivity index is 3.11. The molecule has 1 atom stereocenters. The van der Waals surface area contributed by atoms with E-state index in [0.717, 1.165) is 0 Å².